The van der Waals surface area contributed by atoms with Crippen molar-refractivity contribution >= 4 is 5.82 Å². The van der Waals surface area contributed by atoms with Crippen LogP contribution in [0, 0.1) is 5.82 Å². The van der Waals surface area contributed by atoms with Gasteiger partial charge in [0.2, 0.25) is 0 Å². The second-order valence-electron chi connectivity index (χ2n) is 5.63. The first-order valence-electron chi connectivity index (χ1n) is 7.26. The molecule has 4 nitrogen and oxygen atoms in total. The van der Waals surface area contributed by atoms with E-state index in [9.17, 15) is 4.39 Å². The number of nitrogens with one attached hydrogen (secondary N) is 1. The van der Waals surface area contributed by atoms with Crippen LogP contribution in [-0.2, 0) is 11.3 Å². The molecule has 0 bridgehead atoms. The highest BCUT2D eigenvalue weighted by atomic mass is 19.1. The predicted octanol–water partition coefficient (Wildman–Crippen LogP) is 2.33. The fourth-order valence-electron chi connectivity index (χ4n) is 2.48. The van der Waals surface area contributed by atoms with E-state index in [1.54, 1.807) is 6.07 Å². The van der Waals surface area contributed by atoms with E-state index >= 15 is 0 Å². The van der Waals surface area contributed by atoms with Crippen LogP contribution in [-0.4, -0.2) is 37.3 Å². The minimum absolute atomic E-state index is 0.283. The normalized spacial score (nSPS) is 16.6. The molecule has 0 aromatic carbocycles. The van der Waals surface area contributed by atoms with Gasteiger partial charge in [0.05, 0.1) is 6.20 Å². The van der Waals surface area contributed by atoms with Crippen LogP contribution in [0.4, 0.5) is 10.2 Å². The minimum Gasteiger partial charge on any atom is -0.381 e. The van der Waals surface area contributed by atoms with Crippen molar-refractivity contribution in [3.05, 3.63) is 23.6 Å². The van der Waals surface area contributed by atoms with Gasteiger partial charge in [0.15, 0.2) is 0 Å². The van der Waals surface area contributed by atoms with Crippen LogP contribution in [0.1, 0.15) is 32.3 Å². The Kier molecular flexibility index (Phi) is 5.31. The largest absolute Gasteiger partial charge is 0.381 e. The molecule has 1 saturated heterocycles. The lowest BCUT2D eigenvalue weighted by Crippen LogP contribution is -2.38. The van der Waals surface area contributed by atoms with Crippen molar-refractivity contribution in [2.45, 2.75) is 45.3 Å². The number of hydrogen-bond donors (Lipinski definition) is 1. The van der Waals surface area contributed by atoms with Gasteiger partial charge in [0, 0.05) is 44.5 Å². The Morgan fingerprint density at radius 3 is 2.80 bits per heavy atom. The summed E-state index contributed by atoms with van der Waals surface area (Å²) in [6.07, 6.45) is 3.28. The van der Waals surface area contributed by atoms with Crippen LogP contribution in [0.2, 0.25) is 0 Å². The van der Waals surface area contributed by atoms with Gasteiger partial charge >= 0.3 is 0 Å². The van der Waals surface area contributed by atoms with Crippen LogP contribution in [0.5, 0.6) is 0 Å². The van der Waals surface area contributed by atoms with Crippen LogP contribution < -0.4 is 10.2 Å². The van der Waals surface area contributed by atoms with Gasteiger partial charge in [0.25, 0.3) is 0 Å². The Labute approximate surface area is 120 Å². The first kappa shape index (κ1) is 15.2. The number of nitrogens with zero attached hydrogens (tertiary/aromatic N) is 2. The molecule has 0 amide bonds. The molecule has 0 aliphatic carbocycles. The highest BCUT2D eigenvalue weighted by Crippen LogP contribution is 2.23. The average molecular weight is 281 g/mol. The maximum absolute atomic E-state index is 13.4. The van der Waals surface area contributed by atoms with Crippen molar-refractivity contribution in [2.75, 3.05) is 25.2 Å². The monoisotopic (exact) mass is 281 g/mol. The molecule has 0 saturated carbocycles. The third kappa shape index (κ3) is 3.90. The lowest BCUT2D eigenvalue weighted by Gasteiger charge is -2.33. The number of rotatable bonds is 5. The summed E-state index contributed by atoms with van der Waals surface area (Å²) < 4.78 is 18.8. The van der Waals surface area contributed by atoms with Crippen LogP contribution in [0.15, 0.2) is 12.3 Å². The molecular formula is C15H24FN3O. The summed E-state index contributed by atoms with van der Waals surface area (Å²) in [4.78, 5) is 6.47. The van der Waals surface area contributed by atoms with Gasteiger partial charge in [0.1, 0.15) is 11.6 Å². The Bertz CT molecular complexity index is 433. The third-order valence-electron chi connectivity index (χ3n) is 3.68. The summed E-state index contributed by atoms with van der Waals surface area (Å²) in [6, 6.07) is 2.35. The molecule has 112 valence electrons. The smallest absolute Gasteiger partial charge is 0.141 e. The zero-order chi connectivity index (χ0) is 14.5. The number of ether oxygens (including phenoxy) is 1. The summed E-state index contributed by atoms with van der Waals surface area (Å²) in [5.41, 5.74) is 0.910. The van der Waals surface area contributed by atoms with Gasteiger partial charge in [-0.2, -0.15) is 0 Å². The Morgan fingerprint density at radius 2 is 2.15 bits per heavy atom. The van der Waals surface area contributed by atoms with Crippen molar-refractivity contribution in [3.8, 4) is 0 Å². The van der Waals surface area contributed by atoms with Crippen molar-refractivity contribution in [2.24, 2.45) is 0 Å². The minimum atomic E-state index is -0.283. The van der Waals surface area contributed by atoms with E-state index in [1.807, 2.05) is 7.05 Å². The summed E-state index contributed by atoms with van der Waals surface area (Å²) in [5.74, 6) is 0.584. The number of aromatic nitrogens is 1. The van der Waals surface area contributed by atoms with E-state index in [0.717, 1.165) is 37.4 Å². The first-order valence-corrected chi connectivity index (χ1v) is 7.26. The predicted molar refractivity (Wildman–Crippen MR) is 78.4 cm³/mol. The summed E-state index contributed by atoms with van der Waals surface area (Å²) in [6.45, 7) is 6.36. The van der Waals surface area contributed by atoms with Crippen molar-refractivity contribution in [1.29, 1.82) is 0 Å². The fraction of sp³-hybridized carbons (Fsp3) is 0.667. The quantitative estimate of drug-likeness (QED) is 0.899. The summed E-state index contributed by atoms with van der Waals surface area (Å²) in [7, 11) is 2.04. The van der Waals surface area contributed by atoms with Gasteiger partial charge < -0.3 is 15.0 Å². The zero-order valence-corrected chi connectivity index (χ0v) is 12.5. The van der Waals surface area contributed by atoms with Crippen molar-refractivity contribution in [1.82, 2.24) is 10.3 Å². The van der Waals surface area contributed by atoms with Gasteiger partial charge in [-0.3, -0.25) is 0 Å². The molecule has 1 aromatic rings. The van der Waals surface area contributed by atoms with Crippen molar-refractivity contribution in [3.63, 3.8) is 0 Å². The lowest BCUT2D eigenvalue weighted by atomic mass is 10.1. The Morgan fingerprint density at radius 1 is 1.45 bits per heavy atom. The SMILES string of the molecule is CC(C)NCc1cc(F)cnc1N(C)C1CCOCC1. The molecule has 1 N–H and O–H groups in total. The molecule has 2 heterocycles. The fourth-order valence-corrected chi connectivity index (χ4v) is 2.48. The number of pyridine rings is 1. The second kappa shape index (κ2) is 6.99. The van der Waals surface area contributed by atoms with E-state index in [4.69, 9.17) is 4.74 Å². The average Bonchev–Trinajstić information content (AvgIpc) is 2.45. The first-order chi connectivity index (χ1) is 9.58. The van der Waals surface area contributed by atoms with Crippen LogP contribution in [0.25, 0.3) is 0 Å². The molecule has 0 atom stereocenters. The van der Waals surface area contributed by atoms with Crippen LogP contribution in [0.3, 0.4) is 0 Å². The molecule has 0 unspecified atom stereocenters. The molecule has 1 aliphatic rings. The molecule has 1 aliphatic heterocycles. The van der Waals surface area contributed by atoms with E-state index in [-0.39, 0.29) is 5.82 Å². The molecule has 1 aromatic heterocycles. The van der Waals surface area contributed by atoms with Gasteiger partial charge in [-0.15, -0.1) is 0 Å². The van der Waals surface area contributed by atoms with E-state index < -0.39 is 0 Å². The summed E-state index contributed by atoms with van der Waals surface area (Å²) in [5, 5.41) is 3.33. The molecular weight excluding hydrogens is 257 g/mol. The maximum atomic E-state index is 13.4. The molecule has 1 fully saturated rings. The number of anilines is 1. The number of hydrogen-bond acceptors (Lipinski definition) is 4. The third-order valence-corrected chi connectivity index (χ3v) is 3.68. The highest BCUT2D eigenvalue weighted by molar-refractivity contribution is 5.47. The zero-order valence-electron chi connectivity index (χ0n) is 12.5. The van der Waals surface area contributed by atoms with Gasteiger partial charge in [-0.1, -0.05) is 13.8 Å². The molecule has 20 heavy (non-hydrogen) atoms. The van der Waals surface area contributed by atoms with Crippen molar-refractivity contribution < 1.29 is 9.13 Å². The Hall–Kier alpha value is -1.20. The topological polar surface area (TPSA) is 37.4 Å². The second-order valence-corrected chi connectivity index (χ2v) is 5.63. The van der Waals surface area contributed by atoms with Gasteiger partial charge in [-0.05, 0) is 18.9 Å². The van der Waals surface area contributed by atoms with Gasteiger partial charge in [-0.25, -0.2) is 9.37 Å². The lowest BCUT2D eigenvalue weighted by molar-refractivity contribution is 0.0853. The summed E-state index contributed by atoms with van der Waals surface area (Å²) >= 11 is 0. The maximum Gasteiger partial charge on any atom is 0.141 e. The van der Waals surface area contributed by atoms with E-state index in [2.05, 4.69) is 29.0 Å². The molecule has 0 spiro atoms. The number of halogens is 1. The standard InChI is InChI=1S/C15H24FN3O/c1-11(2)17-9-12-8-13(16)10-18-15(12)19(3)14-4-6-20-7-5-14/h8,10-11,14,17H,4-7,9H2,1-3H3. The van der Waals surface area contributed by atoms with E-state index in [0.29, 0.717) is 18.6 Å². The highest BCUT2D eigenvalue weighted by Gasteiger charge is 2.21. The Balaban J connectivity index is 2.15. The molecule has 2 rings (SSSR count). The molecule has 5 heteroatoms. The van der Waals surface area contributed by atoms with E-state index in [1.165, 1.54) is 6.20 Å². The molecule has 0 radical (unpaired) electrons. The van der Waals surface area contributed by atoms with Crippen LogP contribution >= 0.6 is 0 Å².